The van der Waals surface area contributed by atoms with Gasteiger partial charge in [0.2, 0.25) is 11.1 Å². The Morgan fingerprint density at radius 3 is 3.04 bits per heavy atom. The summed E-state index contributed by atoms with van der Waals surface area (Å²) in [6, 6.07) is 8.33. The molecule has 0 unspecified atom stereocenters. The van der Waals surface area contributed by atoms with E-state index in [1.54, 1.807) is 4.68 Å². The van der Waals surface area contributed by atoms with Gasteiger partial charge in [-0.1, -0.05) is 36.0 Å². The number of hydrogen-bond acceptors (Lipinski definition) is 6. The van der Waals surface area contributed by atoms with Crippen molar-refractivity contribution in [3.05, 3.63) is 35.4 Å². The summed E-state index contributed by atoms with van der Waals surface area (Å²) in [6.07, 6.45) is 3.22. The number of aromatic nitrogens is 4. The van der Waals surface area contributed by atoms with Gasteiger partial charge in [-0.05, 0) is 40.8 Å². The van der Waals surface area contributed by atoms with E-state index in [0.29, 0.717) is 24.0 Å². The summed E-state index contributed by atoms with van der Waals surface area (Å²) in [5, 5.41) is 12.5. The molecule has 1 fully saturated rings. The summed E-state index contributed by atoms with van der Waals surface area (Å²) >= 11 is 1.40. The molecule has 2 aliphatic heterocycles. The van der Waals surface area contributed by atoms with Gasteiger partial charge in [0.1, 0.15) is 0 Å². The van der Waals surface area contributed by atoms with Crippen LogP contribution in [0.2, 0.25) is 0 Å². The molecule has 0 saturated carbocycles. The lowest BCUT2D eigenvalue weighted by atomic mass is 10.00. The highest BCUT2D eigenvalue weighted by molar-refractivity contribution is 7.99. The topological polar surface area (TPSA) is 73.1 Å². The Bertz CT molecular complexity index is 744. The van der Waals surface area contributed by atoms with Crippen molar-refractivity contribution in [2.24, 2.45) is 0 Å². The molecule has 4 rings (SSSR count). The monoisotopic (exact) mass is 359 g/mol. The quantitative estimate of drug-likeness (QED) is 0.754. The molecular weight excluding hydrogens is 338 g/mol. The van der Waals surface area contributed by atoms with Gasteiger partial charge in [-0.2, -0.15) is 0 Å². The van der Waals surface area contributed by atoms with E-state index in [1.165, 1.54) is 22.9 Å². The lowest BCUT2D eigenvalue weighted by Crippen LogP contribution is -2.37. The summed E-state index contributed by atoms with van der Waals surface area (Å²) < 4.78 is 7.38. The minimum absolute atomic E-state index is 0.131. The molecule has 1 saturated heterocycles. The average Bonchev–Trinajstić information content (AvgIpc) is 3.32. The molecular formula is C17H21N5O2S. The van der Waals surface area contributed by atoms with Crippen LogP contribution in [-0.2, 0) is 29.0 Å². The molecule has 2 aromatic rings. The van der Waals surface area contributed by atoms with Gasteiger partial charge >= 0.3 is 0 Å². The Morgan fingerprint density at radius 1 is 1.32 bits per heavy atom. The van der Waals surface area contributed by atoms with Crippen LogP contribution in [0, 0.1) is 0 Å². The van der Waals surface area contributed by atoms with Crippen LogP contribution in [0.15, 0.2) is 29.4 Å². The van der Waals surface area contributed by atoms with Crippen LogP contribution in [0.5, 0.6) is 0 Å². The minimum atomic E-state index is 0.131. The maximum atomic E-state index is 12.6. The highest BCUT2D eigenvalue weighted by Gasteiger charge is 2.22. The number of hydrogen-bond donors (Lipinski definition) is 0. The van der Waals surface area contributed by atoms with Crippen molar-refractivity contribution in [2.75, 3.05) is 18.9 Å². The van der Waals surface area contributed by atoms with Crippen LogP contribution >= 0.6 is 11.8 Å². The van der Waals surface area contributed by atoms with Crippen LogP contribution in [-0.4, -0.2) is 56.0 Å². The van der Waals surface area contributed by atoms with Gasteiger partial charge in [-0.15, -0.1) is 5.10 Å². The third kappa shape index (κ3) is 3.85. The first-order valence-electron chi connectivity index (χ1n) is 8.65. The van der Waals surface area contributed by atoms with Gasteiger partial charge in [0, 0.05) is 19.7 Å². The lowest BCUT2D eigenvalue weighted by Gasteiger charge is -2.28. The molecule has 3 heterocycles. The third-order valence-corrected chi connectivity index (χ3v) is 5.65. The number of tetrazole rings is 1. The van der Waals surface area contributed by atoms with E-state index in [1.807, 2.05) is 11.0 Å². The zero-order valence-electron chi connectivity index (χ0n) is 14.0. The van der Waals surface area contributed by atoms with Crippen LogP contribution in [0.3, 0.4) is 0 Å². The fourth-order valence-corrected chi connectivity index (χ4v) is 4.11. The lowest BCUT2D eigenvalue weighted by molar-refractivity contribution is -0.129. The maximum Gasteiger partial charge on any atom is 0.233 e. The first kappa shape index (κ1) is 16.5. The van der Waals surface area contributed by atoms with E-state index in [-0.39, 0.29) is 12.0 Å². The van der Waals surface area contributed by atoms with Gasteiger partial charge in [0.05, 0.1) is 18.4 Å². The fourth-order valence-electron chi connectivity index (χ4n) is 3.32. The highest BCUT2D eigenvalue weighted by Crippen LogP contribution is 2.22. The Hall–Kier alpha value is -1.93. The summed E-state index contributed by atoms with van der Waals surface area (Å²) in [4.78, 5) is 14.5. The van der Waals surface area contributed by atoms with E-state index in [2.05, 4.69) is 33.7 Å². The predicted octanol–water partition coefficient (Wildman–Crippen LogP) is 1.53. The van der Waals surface area contributed by atoms with Gasteiger partial charge in [0.15, 0.2) is 0 Å². The Morgan fingerprint density at radius 2 is 2.20 bits per heavy atom. The van der Waals surface area contributed by atoms with Crippen LogP contribution in [0.1, 0.15) is 24.0 Å². The molecule has 1 aromatic heterocycles. The largest absolute Gasteiger partial charge is 0.376 e. The van der Waals surface area contributed by atoms with Gasteiger partial charge in [0.25, 0.3) is 0 Å². The van der Waals surface area contributed by atoms with E-state index >= 15 is 0 Å². The smallest absolute Gasteiger partial charge is 0.233 e. The normalized spacial score (nSPS) is 19.8. The molecule has 0 spiro atoms. The Kier molecular flexibility index (Phi) is 4.98. The average molecular weight is 359 g/mol. The van der Waals surface area contributed by atoms with Crippen molar-refractivity contribution < 1.29 is 9.53 Å². The Balaban J connectivity index is 1.33. The molecule has 7 nitrogen and oxygen atoms in total. The van der Waals surface area contributed by atoms with E-state index in [9.17, 15) is 4.79 Å². The van der Waals surface area contributed by atoms with Crippen molar-refractivity contribution in [1.29, 1.82) is 0 Å². The zero-order valence-corrected chi connectivity index (χ0v) is 14.8. The number of benzene rings is 1. The molecule has 0 radical (unpaired) electrons. The third-order valence-electron chi connectivity index (χ3n) is 4.71. The van der Waals surface area contributed by atoms with E-state index < -0.39 is 0 Å². The minimum Gasteiger partial charge on any atom is -0.376 e. The summed E-state index contributed by atoms with van der Waals surface area (Å²) in [5.74, 6) is 0.486. The summed E-state index contributed by atoms with van der Waals surface area (Å²) in [6.45, 7) is 2.93. The number of carbonyl (C=O) groups is 1. The second kappa shape index (κ2) is 7.53. The van der Waals surface area contributed by atoms with Gasteiger partial charge in [-0.25, -0.2) is 4.68 Å². The molecule has 1 aromatic carbocycles. The standard InChI is InChI=1S/C17H21N5O2S/c23-16(21-8-7-13-4-1-2-5-14(13)10-21)12-25-17-18-19-20-22(17)11-15-6-3-9-24-15/h1-2,4-5,15H,3,6-12H2/t15-/m0/s1. The van der Waals surface area contributed by atoms with Crippen LogP contribution in [0.4, 0.5) is 0 Å². The Labute approximate surface area is 150 Å². The second-order valence-corrected chi connectivity index (χ2v) is 7.34. The molecule has 1 amide bonds. The first-order valence-corrected chi connectivity index (χ1v) is 9.63. The molecule has 2 aliphatic rings. The van der Waals surface area contributed by atoms with Crippen molar-refractivity contribution >= 4 is 17.7 Å². The molecule has 8 heteroatoms. The van der Waals surface area contributed by atoms with Crippen molar-refractivity contribution in [3.63, 3.8) is 0 Å². The molecule has 1 atom stereocenters. The molecule has 132 valence electrons. The van der Waals surface area contributed by atoms with Gasteiger partial charge < -0.3 is 9.64 Å². The van der Waals surface area contributed by atoms with Gasteiger partial charge in [-0.3, -0.25) is 4.79 Å². The van der Waals surface area contributed by atoms with E-state index in [0.717, 1.165) is 32.4 Å². The number of ether oxygens (including phenoxy) is 1. The zero-order chi connectivity index (χ0) is 17.1. The second-order valence-electron chi connectivity index (χ2n) is 6.40. The van der Waals surface area contributed by atoms with Crippen molar-refractivity contribution in [3.8, 4) is 0 Å². The fraction of sp³-hybridized carbons (Fsp3) is 0.529. The SMILES string of the molecule is O=C(CSc1nnnn1C[C@@H]1CCCO1)N1CCc2ccccc2C1. The number of nitrogens with zero attached hydrogens (tertiary/aromatic N) is 5. The number of carbonyl (C=O) groups excluding carboxylic acids is 1. The predicted molar refractivity (Wildman–Crippen MR) is 93.1 cm³/mol. The first-order chi connectivity index (χ1) is 12.3. The van der Waals surface area contributed by atoms with E-state index in [4.69, 9.17) is 4.74 Å². The van der Waals surface area contributed by atoms with Crippen molar-refractivity contribution in [1.82, 2.24) is 25.1 Å². The number of thioether (sulfide) groups is 1. The van der Waals surface area contributed by atoms with Crippen LogP contribution in [0.25, 0.3) is 0 Å². The molecule has 25 heavy (non-hydrogen) atoms. The van der Waals surface area contributed by atoms with Crippen LogP contribution < -0.4 is 0 Å². The number of amides is 1. The van der Waals surface area contributed by atoms with Crippen molar-refractivity contribution in [2.45, 2.75) is 43.6 Å². The highest BCUT2D eigenvalue weighted by atomic mass is 32.2. The molecule has 0 aliphatic carbocycles. The molecule has 0 bridgehead atoms. The summed E-state index contributed by atoms with van der Waals surface area (Å²) in [7, 11) is 0. The summed E-state index contributed by atoms with van der Waals surface area (Å²) in [5.41, 5.74) is 2.59. The number of rotatable bonds is 5. The number of fused-ring (bicyclic) bond motifs is 1. The maximum absolute atomic E-state index is 12.6. The molecule has 0 N–H and O–H groups in total.